The van der Waals surface area contributed by atoms with E-state index in [4.69, 9.17) is 23.2 Å². The normalized spacial score (nSPS) is 20.1. The van der Waals surface area contributed by atoms with Crippen molar-refractivity contribution >= 4 is 41.5 Å². The van der Waals surface area contributed by atoms with Gasteiger partial charge in [-0.3, -0.25) is 9.69 Å². The maximum absolute atomic E-state index is 12.2. The first-order valence-electron chi connectivity index (χ1n) is 7.16. The molecule has 124 valence electrons. The average Bonchev–Trinajstić information content (AvgIpc) is 2.44. The molecule has 0 radical (unpaired) electrons. The number of halogens is 3. The van der Waals surface area contributed by atoms with Crippen molar-refractivity contribution in [1.82, 2.24) is 15.5 Å². The predicted octanol–water partition coefficient (Wildman–Crippen LogP) is 2.89. The summed E-state index contributed by atoms with van der Waals surface area (Å²) in [6.45, 7) is 7.25. The van der Waals surface area contributed by atoms with Crippen LogP contribution in [0, 0.1) is 0 Å². The molecule has 2 N–H and O–H groups in total. The smallest absolute Gasteiger partial charge is 0.234 e. The van der Waals surface area contributed by atoms with Crippen molar-refractivity contribution in [1.29, 1.82) is 0 Å². The molecule has 7 heteroatoms. The van der Waals surface area contributed by atoms with Gasteiger partial charge in [0.2, 0.25) is 5.91 Å². The van der Waals surface area contributed by atoms with E-state index in [-0.39, 0.29) is 24.4 Å². The van der Waals surface area contributed by atoms with Crippen molar-refractivity contribution in [3.8, 4) is 0 Å². The Bertz CT molecular complexity index is 513. The molecule has 1 amide bonds. The fraction of sp³-hybridized carbons (Fsp3) is 0.533. The van der Waals surface area contributed by atoms with E-state index in [1.165, 1.54) is 0 Å². The van der Waals surface area contributed by atoms with Gasteiger partial charge in [-0.15, -0.1) is 12.4 Å². The van der Waals surface area contributed by atoms with Gasteiger partial charge in [-0.2, -0.15) is 0 Å². The number of carbonyl (C=O) groups excluding carboxylic acids is 1. The van der Waals surface area contributed by atoms with Crippen LogP contribution in [0.3, 0.4) is 0 Å². The molecule has 22 heavy (non-hydrogen) atoms. The maximum atomic E-state index is 12.2. The lowest BCUT2D eigenvalue weighted by molar-refractivity contribution is -0.123. The van der Waals surface area contributed by atoms with Crippen LogP contribution in [0.25, 0.3) is 0 Å². The lowest BCUT2D eigenvalue weighted by Gasteiger charge is -2.33. The van der Waals surface area contributed by atoms with Crippen LogP contribution in [0.2, 0.25) is 10.0 Å². The average molecular weight is 367 g/mol. The molecule has 2 rings (SSSR count). The van der Waals surface area contributed by atoms with Crippen LogP contribution in [-0.2, 0) is 4.79 Å². The number of piperazine rings is 1. The number of benzene rings is 1. The summed E-state index contributed by atoms with van der Waals surface area (Å²) in [6, 6.07) is 5.71. The van der Waals surface area contributed by atoms with Crippen molar-refractivity contribution < 1.29 is 4.79 Å². The minimum absolute atomic E-state index is 0. The van der Waals surface area contributed by atoms with Gasteiger partial charge in [-0.05, 0) is 31.5 Å². The Morgan fingerprint density at radius 2 is 2.18 bits per heavy atom. The topological polar surface area (TPSA) is 44.4 Å². The Balaban J connectivity index is 0.00000242. The van der Waals surface area contributed by atoms with Crippen molar-refractivity contribution in [2.75, 3.05) is 26.2 Å². The van der Waals surface area contributed by atoms with Gasteiger partial charge in [-0.1, -0.05) is 29.3 Å². The lowest BCUT2D eigenvalue weighted by atomic mass is 10.1. The molecular formula is C15H22Cl3N3O. The highest BCUT2D eigenvalue weighted by Crippen LogP contribution is 2.25. The van der Waals surface area contributed by atoms with Crippen LogP contribution >= 0.6 is 35.6 Å². The Labute approximate surface area is 147 Å². The highest BCUT2D eigenvalue weighted by Gasteiger charge is 2.21. The maximum Gasteiger partial charge on any atom is 0.234 e. The summed E-state index contributed by atoms with van der Waals surface area (Å²) in [5, 5.41) is 7.35. The molecule has 1 aromatic carbocycles. The van der Waals surface area contributed by atoms with E-state index in [0.717, 1.165) is 25.2 Å². The minimum Gasteiger partial charge on any atom is -0.348 e. The van der Waals surface area contributed by atoms with Gasteiger partial charge in [0, 0.05) is 25.7 Å². The molecule has 0 bridgehead atoms. The highest BCUT2D eigenvalue weighted by molar-refractivity contribution is 6.42. The standard InChI is InChI=1S/C15H21Cl2N3O.ClH/c1-10-8-18-5-6-20(10)9-15(21)19-11(2)12-3-4-13(16)14(17)7-12;/h3-4,7,10-11,18H,5-6,8-9H2,1-2H3,(H,19,21);1H/t10-,11?;/m1./s1. The summed E-state index contributed by atoms with van der Waals surface area (Å²) in [6.07, 6.45) is 0. The van der Waals surface area contributed by atoms with E-state index in [1.807, 2.05) is 13.0 Å². The Morgan fingerprint density at radius 3 is 2.82 bits per heavy atom. The first-order chi connectivity index (χ1) is 9.97. The molecule has 4 nitrogen and oxygen atoms in total. The van der Waals surface area contributed by atoms with Gasteiger partial charge >= 0.3 is 0 Å². The Morgan fingerprint density at radius 1 is 1.45 bits per heavy atom. The second-order valence-corrected chi connectivity index (χ2v) is 6.30. The summed E-state index contributed by atoms with van der Waals surface area (Å²) in [5.41, 5.74) is 0.950. The Hall–Kier alpha value is -0.520. The SMILES string of the molecule is CC(NC(=O)CN1CCNC[C@H]1C)c1ccc(Cl)c(Cl)c1.Cl. The molecule has 1 fully saturated rings. The molecule has 1 saturated heterocycles. The molecule has 0 aromatic heterocycles. The van der Waals surface area contributed by atoms with E-state index in [0.29, 0.717) is 22.6 Å². The number of nitrogens with zero attached hydrogens (tertiary/aromatic N) is 1. The zero-order valence-electron chi connectivity index (χ0n) is 12.7. The predicted molar refractivity (Wildman–Crippen MR) is 94.2 cm³/mol. The number of amides is 1. The van der Waals surface area contributed by atoms with E-state index in [9.17, 15) is 4.79 Å². The van der Waals surface area contributed by atoms with Crippen LogP contribution in [-0.4, -0.2) is 43.0 Å². The van der Waals surface area contributed by atoms with Gasteiger partial charge in [0.05, 0.1) is 22.6 Å². The third kappa shape index (κ3) is 5.28. The molecule has 1 aliphatic heterocycles. The van der Waals surface area contributed by atoms with Crippen LogP contribution in [0.4, 0.5) is 0 Å². The third-order valence-electron chi connectivity index (χ3n) is 3.81. The van der Waals surface area contributed by atoms with Crippen LogP contribution in [0.5, 0.6) is 0 Å². The fourth-order valence-electron chi connectivity index (χ4n) is 2.45. The molecule has 1 heterocycles. The quantitative estimate of drug-likeness (QED) is 0.861. The van der Waals surface area contributed by atoms with Crippen LogP contribution in [0.15, 0.2) is 18.2 Å². The van der Waals surface area contributed by atoms with E-state index < -0.39 is 0 Å². The molecule has 1 aliphatic rings. The van der Waals surface area contributed by atoms with Crippen LogP contribution < -0.4 is 10.6 Å². The zero-order chi connectivity index (χ0) is 15.4. The van der Waals surface area contributed by atoms with Crippen molar-refractivity contribution in [3.63, 3.8) is 0 Å². The van der Waals surface area contributed by atoms with Crippen LogP contribution in [0.1, 0.15) is 25.5 Å². The van der Waals surface area contributed by atoms with Gasteiger partial charge < -0.3 is 10.6 Å². The summed E-state index contributed by atoms with van der Waals surface area (Å²) in [5.74, 6) is 0.0299. The van der Waals surface area contributed by atoms with Crippen molar-refractivity contribution in [2.45, 2.75) is 25.9 Å². The largest absolute Gasteiger partial charge is 0.348 e. The first kappa shape index (κ1) is 19.5. The molecule has 2 atom stereocenters. The molecule has 0 aliphatic carbocycles. The third-order valence-corrected chi connectivity index (χ3v) is 4.55. The van der Waals surface area contributed by atoms with E-state index >= 15 is 0 Å². The van der Waals surface area contributed by atoms with Crippen molar-refractivity contribution in [2.24, 2.45) is 0 Å². The summed E-state index contributed by atoms with van der Waals surface area (Å²) >= 11 is 11.9. The number of nitrogens with one attached hydrogen (secondary N) is 2. The number of hydrogen-bond acceptors (Lipinski definition) is 3. The van der Waals surface area contributed by atoms with Gasteiger partial charge in [-0.25, -0.2) is 0 Å². The Kier molecular flexibility index (Phi) is 7.94. The molecule has 1 aromatic rings. The molecular weight excluding hydrogens is 345 g/mol. The monoisotopic (exact) mass is 365 g/mol. The molecule has 1 unspecified atom stereocenters. The lowest BCUT2D eigenvalue weighted by Crippen LogP contribution is -2.52. The number of carbonyl (C=O) groups is 1. The zero-order valence-corrected chi connectivity index (χ0v) is 15.1. The summed E-state index contributed by atoms with van der Waals surface area (Å²) in [7, 11) is 0. The summed E-state index contributed by atoms with van der Waals surface area (Å²) < 4.78 is 0. The second-order valence-electron chi connectivity index (χ2n) is 5.49. The molecule has 0 spiro atoms. The minimum atomic E-state index is -0.0921. The first-order valence-corrected chi connectivity index (χ1v) is 7.92. The summed E-state index contributed by atoms with van der Waals surface area (Å²) in [4.78, 5) is 14.3. The van der Waals surface area contributed by atoms with Gasteiger partial charge in [0.15, 0.2) is 0 Å². The second kappa shape index (κ2) is 8.94. The number of hydrogen-bond donors (Lipinski definition) is 2. The highest BCUT2D eigenvalue weighted by atomic mass is 35.5. The van der Waals surface area contributed by atoms with Gasteiger partial charge in [0.1, 0.15) is 0 Å². The number of rotatable bonds is 4. The van der Waals surface area contributed by atoms with Crippen molar-refractivity contribution in [3.05, 3.63) is 33.8 Å². The fourth-order valence-corrected chi connectivity index (χ4v) is 2.76. The van der Waals surface area contributed by atoms with E-state index in [2.05, 4.69) is 22.5 Å². The van der Waals surface area contributed by atoms with Gasteiger partial charge in [0.25, 0.3) is 0 Å². The molecule has 0 saturated carbocycles. The van der Waals surface area contributed by atoms with E-state index in [1.54, 1.807) is 12.1 Å².